The summed E-state index contributed by atoms with van der Waals surface area (Å²) in [5.74, 6) is 0. The van der Waals surface area contributed by atoms with Crippen LogP contribution in [0.2, 0.25) is 0 Å². The van der Waals surface area contributed by atoms with E-state index in [1.165, 1.54) is 0 Å². The fourth-order valence-electron chi connectivity index (χ4n) is 2.53. The maximum Gasteiger partial charge on any atom is 0.122 e. The molecule has 0 saturated carbocycles. The summed E-state index contributed by atoms with van der Waals surface area (Å²) < 4.78 is 7.67. The number of nitrogens with zero attached hydrogens (tertiary/aromatic N) is 2. The predicted molar refractivity (Wildman–Crippen MR) is 77.4 cm³/mol. The van der Waals surface area contributed by atoms with Crippen molar-refractivity contribution in [2.75, 3.05) is 7.11 Å². The van der Waals surface area contributed by atoms with E-state index in [1.807, 2.05) is 65.2 Å². The summed E-state index contributed by atoms with van der Waals surface area (Å²) in [6, 6.07) is 20.0. The fraction of sp³-hybridized carbons (Fsp3) is 0.118. The summed E-state index contributed by atoms with van der Waals surface area (Å²) in [5, 5.41) is 9.27. The first-order valence-electron chi connectivity index (χ1n) is 6.43. The Kier molecular flexibility index (Phi) is 3.24. The zero-order valence-corrected chi connectivity index (χ0v) is 11.2. The molecular formula is C17H14N2O. The minimum absolute atomic E-state index is 0.187. The second-order valence-corrected chi connectivity index (χ2v) is 4.58. The Balaban J connectivity index is 2.21. The van der Waals surface area contributed by atoms with E-state index in [1.54, 1.807) is 7.11 Å². The number of methoxy groups -OCH3 is 1. The summed E-state index contributed by atoms with van der Waals surface area (Å²) in [5.41, 5.74) is 3.61. The third-order valence-corrected chi connectivity index (χ3v) is 3.43. The number of pyridine rings is 1. The minimum atomic E-state index is -0.187. The molecule has 0 fully saturated rings. The van der Waals surface area contributed by atoms with E-state index in [0.717, 1.165) is 16.8 Å². The molecule has 3 nitrogen and oxygen atoms in total. The van der Waals surface area contributed by atoms with Gasteiger partial charge in [-0.1, -0.05) is 36.4 Å². The predicted octanol–water partition coefficient (Wildman–Crippen LogP) is 3.55. The van der Waals surface area contributed by atoms with Crippen LogP contribution in [0.25, 0.3) is 5.52 Å². The highest BCUT2D eigenvalue weighted by molar-refractivity contribution is 5.63. The molecule has 98 valence electrons. The maximum absolute atomic E-state index is 9.27. The lowest BCUT2D eigenvalue weighted by atomic mass is 10.1. The lowest BCUT2D eigenvalue weighted by Crippen LogP contribution is -2.06. The van der Waals surface area contributed by atoms with Crippen LogP contribution in [0.5, 0.6) is 0 Å². The van der Waals surface area contributed by atoms with Crippen LogP contribution in [0.15, 0.2) is 60.8 Å². The van der Waals surface area contributed by atoms with Gasteiger partial charge < -0.3 is 9.14 Å². The monoisotopic (exact) mass is 262 g/mol. The highest BCUT2D eigenvalue weighted by Gasteiger charge is 2.19. The molecule has 0 N–H and O–H groups in total. The quantitative estimate of drug-likeness (QED) is 0.724. The van der Waals surface area contributed by atoms with Crippen molar-refractivity contribution in [2.45, 2.75) is 6.10 Å². The van der Waals surface area contributed by atoms with Crippen LogP contribution in [-0.2, 0) is 4.74 Å². The Bertz CT molecular complexity index is 769. The number of rotatable bonds is 3. The first-order chi connectivity index (χ1) is 9.85. The van der Waals surface area contributed by atoms with Gasteiger partial charge in [0, 0.05) is 13.3 Å². The third-order valence-electron chi connectivity index (χ3n) is 3.43. The van der Waals surface area contributed by atoms with Gasteiger partial charge in [0.25, 0.3) is 0 Å². The van der Waals surface area contributed by atoms with E-state index >= 15 is 0 Å². The van der Waals surface area contributed by atoms with E-state index in [2.05, 4.69) is 6.07 Å². The topological polar surface area (TPSA) is 37.4 Å². The van der Waals surface area contributed by atoms with Gasteiger partial charge in [0.1, 0.15) is 12.2 Å². The Morgan fingerprint density at radius 3 is 2.55 bits per heavy atom. The molecule has 0 spiro atoms. The third kappa shape index (κ3) is 1.97. The van der Waals surface area contributed by atoms with Crippen LogP contribution >= 0.6 is 0 Å². The normalized spacial score (nSPS) is 12.2. The van der Waals surface area contributed by atoms with Crippen LogP contribution < -0.4 is 0 Å². The molecule has 3 rings (SSSR count). The highest BCUT2D eigenvalue weighted by atomic mass is 16.5. The zero-order chi connectivity index (χ0) is 13.9. The summed E-state index contributed by atoms with van der Waals surface area (Å²) in [6.07, 6.45) is 1.77. The molecule has 0 saturated heterocycles. The zero-order valence-electron chi connectivity index (χ0n) is 11.2. The van der Waals surface area contributed by atoms with E-state index < -0.39 is 0 Å². The van der Waals surface area contributed by atoms with Crippen molar-refractivity contribution >= 4 is 5.52 Å². The van der Waals surface area contributed by atoms with Gasteiger partial charge in [-0.3, -0.25) is 0 Å². The number of nitriles is 1. The molecule has 1 aromatic carbocycles. The smallest absolute Gasteiger partial charge is 0.122 e. The number of benzene rings is 1. The van der Waals surface area contributed by atoms with Gasteiger partial charge in [0.15, 0.2) is 0 Å². The van der Waals surface area contributed by atoms with Crippen LogP contribution in [0, 0.1) is 11.3 Å². The number of ether oxygens (including phenoxy) is 1. The Labute approximate surface area is 117 Å². The van der Waals surface area contributed by atoms with E-state index in [9.17, 15) is 5.26 Å². The molecule has 0 aliphatic carbocycles. The van der Waals surface area contributed by atoms with Crippen LogP contribution in [0.4, 0.5) is 0 Å². The van der Waals surface area contributed by atoms with Crippen molar-refractivity contribution in [3.63, 3.8) is 0 Å². The highest BCUT2D eigenvalue weighted by Crippen LogP contribution is 2.29. The molecule has 0 bridgehead atoms. The molecule has 0 radical (unpaired) electrons. The molecule has 2 heterocycles. The Hall–Kier alpha value is -2.57. The van der Waals surface area contributed by atoms with Crippen LogP contribution in [0.1, 0.15) is 22.9 Å². The van der Waals surface area contributed by atoms with Gasteiger partial charge in [0.2, 0.25) is 0 Å². The average molecular weight is 262 g/mol. The second-order valence-electron chi connectivity index (χ2n) is 4.58. The minimum Gasteiger partial charge on any atom is -0.370 e. The molecule has 2 aromatic heterocycles. The first kappa shape index (κ1) is 12.5. The van der Waals surface area contributed by atoms with E-state index in [4.69, 9.17) is 4.74 Å². The van der Waals surface area contributed by atoms with Gasteiger partial charge in [-0.05, 0) is 23.8 Å². The summed E-state index contributed by atoms with van der Waals surface area (Å²) in [7, 11) is 1.69. The second kappa shape index (κ2) is 5.20. The molecule has 0 aliphatic rings. The standard InChI is InChI=1S/C17H14N2O/c1-20-17(13-7-3-2-4-8-13)16-11-14(12-18)15-9-5-6-10-19(15)16/h2-11,17H,1H3. The Morgan fingerprint density at radius 2 is 1.85 bits per heavy atom. The number of hydrogen-bond acceptors (Lipinski definition) is 2. The maximum atomic E-state index is 9.27. The molecule has 1 atom stereocenters. The fourth-order valence-corrected chi connectivity index (χ4v) is 2.53. The summed E-state index contributed by atoms with van der Waals surface area (Å²) in [4.78, 5) is 0. The lowest BCUT2D eigenvalue weighted by Gasteiger charge is -2.16. The van der Waals surface area contributed by atoms with Gasteiger partial charge in [0.05, 0.1) is 16.8 Å². The molecule has 0 aliphatic heterocycles. The van der Waals surface area contributed by atoms with Gasteiger partial charge in [-0.2, -0.15) is 5.26 Å². The van der Waals surface area contributed by atoms with Crippen molar-refractivity contribution < 1.29 is 4.74 Å². The van der Waals surface area contributed by atoms with E-state index in [0.29, 0.717) is 5.56 Å². The lowest BCUT2D eigenvalue weighted by molar-refractivity contribution is 0.132. The SMILES string of the molecule is COC(c1ccccc1)c1cc(C#N)c2ccccn12. The summed E-state index contributed by atoms with van der Waals surface area (Å²) >= 11 is 0. The van der Waals surface area contributed by atoms with Gasteiger partial charge in [-0.25, -0.2) is 0 Å². The molecule has 3 heteroatoms. The van der Waals surface area contributed by atoms with Crippen LogP contribution in [0.3, 0.4) is 0 Å². The Morgan fingerprint density at radius 1 is 1.10 bits per heavy atom. The van der Waals surface area contributed by atoms with Gasteiger partial charge in [-0.15, -0.1) is 0 Å². The molecule has 20 heavy (non-hydrogen) atoms. The molecule has 3 aromatic rings. The summed E-state index contributed by atoms with van der Waals surface area (Å²) in [6.45, 7) is 0. The largest absolute Gasteiger partial charge is 0.370 e. The molecule has 0 amide bonds. The van der Waals surface area contributed by atoms with Crippen molar-refractivity contribution in [1.29, 1.82) is 5.26 Å². The van der Waals surface area contributed by atoms with Crippen molar-refractivity contribution in [3.8, 4) is 6.07 Å². The van der Waals surface area contributed by atoms with Gasteiger partial charge >= 0.3 is 0 Å². The van der Waals surface area contributed by atoms with Crippen molar-refractivity contribution in [1.82, 2.24) is 4.40 Å². The molecular weight excluding hydrogens is 248 g/mol. The van der Waals surface area contributed by atoms with Crippen molar-refractivity contribution in [2.24, 2.45) is 0 Å². The first-order valence-corrected chi connectivity index (χ1v) is 6.43. The van der Waals surface area contributed by atoms with Crippen molar-refractivity contribution in [3.05, 3.63) is 77.6 Å². The van der Waals surface area contributed by atoms with Crippen LogP contribution in [-0.4, -0.2) is 11.5 Å². The number of hydrogen-bond donors (Lipinski definition) is 0. The average Bonchev–Trinajstić information content (AvgIpc) is 2.88. The molecule has 1 unspecified atom stereocenters. The number of fused-ring (bicyclic) bond motifs is 1. The number of aromatic nitrogens is 1. The van der Waals surface area contributed by atoms with E-state index in [-0.39, 0.29) is 6.10 Å².